The lowest BCUT2D eigenvalue weighted by molar-refractivity contribution is -0.141. The van der Waals surface area contributed by atoms with E-state index in [1.165, 1.54) is 0 Å². The van der Waals surface area contributed by atoms with Crippen LogP contribution >= 0.6 is 0 Å². The molecule has 1 saturated carbocycles. The number of fused-ring (bicyclic) bond motifs is 1. The number of benzene rings is 2. The first kappa shape index (κ1) is 21.4. The second-order valence-corrected chi connectivity index (χ2v) is 9.05. The number of ketones is 1. The van der Waals surface area contributed by atoms with Gasteiger partial charge in [0.25, 0.3) is 11.7 Å². The molecule has 2 aliphatic heterocycles. The molecule has 0 spiro atoms. The molecule has 0 bridgehead atoms. The average Bonchev–Trinajstić information content (AvgIpc) is 3.10. The van der Waals surface area contributed by atoms with Crippen LogP contribution in [0.4, 0.5) is 5.69 Å². The molecule has 1 saturated heterocycles. The molecule has 3 aliphatic rings. The van der Waals surface area contributed by atoms with E-state index in [0.29, 0.717) is 30.0 Å². The summed E-state index contributed by atoms with van der Waals surface area (Å²) in [6.07, 6.45) is 4.75. The summed E-state index contributed by atoms with van der Waals surface area (Å²) in [6, 6.07) is 11.0. The maximum atomic E-state index is 13.3. The number of anilines is 1. The van der Waals surface area contributed by atoms with Crippen molar-refractivity contribution in [2.45, 2.75) is 44.2 Å². The third-order valence-electron chi connectivity index (χ3n) is 6.96. The number of likely N-dealkylation sites (tertiary alicyclic amines) is 1. The van der Waals surface area contributed by atoms with Crippen molar-refractivity contribution >= 4 is 23.1 Å². The summed E-state index contributed by atoms with van der Waals surface area (Å²) in [4.78, 5) is 30.2. The molecule has 1 aliphatic carbocycles. The number of amides is 1. The van der Waals surface area contributed by atoms with E-state index < -0.39 is 17.7 Å². The number of nitrogens with zero attached hydrogens (tertiary/aromatic N) is 2. The van der Waals surface area contributed by atoms with E-state index in [2.05, 4.69) is 0 Å². The zero-order valence-electron chi connectivity index (χ0n) is 18.7. The van der Waals surface area contributed by atoms with E-state index in [9.17, 15) is 19.8 Å². The average molecular weight is 449 g/mol. The molecular weight excluding hydrogens is 420 g/mol. The van der Waals surface area contributed by atoms with Gasteiger partial charge < -0.3 is 24.7 Å². The van der Waals surface area contributed by atoms with Gasteiger partial charge in [0.1, 0.15) is 23.9 Å². The van der Waals surface area contributed by atoms with E-state index >= 15 is 0 Å². The van der Waals surface area contributed by atoms with Gasteiger partial charge in [0.05, 0.1) is 23.8 Å². The van der Waals surface area contributed by atoms with Crippen molar-refractivity contribution < 1.29 is 24.5 Å². The maximum absolute atomic E-state index is 13.3. The third-order valence-corrected chi connectivity index (χ3v) is 6.96. The van der Waals surface area contributed by atoms with Crippen molar-refractivity contribution in [1.29, 1.82) is 0 Å². The van der Waals surface area contributed by atoms with Gasteiger partial charge in [0, 0.05) is 18.7 Å². The van der Waals surface area contributed by atoms with Crippen molar-refractivity contribution in [3.05, 3.63) is 59.2 Å². The monoisotopic (exact) mass is 448 g/mol. The third kappa shape index (κ3) is 3.71. The van der Waals surface area contributed by atoms with Gasteiger partial charge in [0.15, 0.2) is 0 Å². The minimum Gasteiger partial charge on any atom is -0.508 e. The highest BCUT2D eigenvalue weighted by Crippen LogP contribution is 2.44. The van der Waals surface area contributed by atoms with Crippen LogP contribution in [0.25, 0.3) is 5.76 Å². The Kier molecular flexibility index (Phi) is 5.48. The number of hydrogen-bond acceptors (Lipinski definition) is 6. The molecule has 2 fully saturated rings. The van der Waals surface area contributed by atoms with Crippen molar-refractivity contribution in [2.75, 3.05) is 25.1 Å². The van der Waals surface area contributed by atoms with Crippen molar-refractivity contribution in [1.82, 2.24) is 4.90 Å². The zero-order valence-corrected chi connectivity index (χ0v) is 18.7. The summed E-state index contributed by atoms with van der Waals surface area (Å²) in [6.45, 7) is 1.30. The molecule has 2 N–H and O–H groups in total. The van der Waals surface area contributed by atoms with Gasteiger partial charge in [0.2, 0.25) is 0 Å². The molecule has 172 valence electrons. The SMILES string of the molecule is CN1CCOc2ccc(/C(O)=C3/C(=O)C(=O)N(C4CCCCC4)C3c3cccc(O)c3)cc21. The number of carbonyl (C=O) groups is 2. The smallest absolute Gasteiger partial charge is 0.295 e. The van der Waals surface area contributed by atoms with Crippen molar-refractivity contribution in [3.63, 3.8) is 0 Å². The molecule has 0 radical (unpaired) electrons. The summed E-state index contributed by atoms with van der Waals surface area (Å²) in [7, 11) is 1.94. The summed E-state index contributed by atoms with van der Waals surface area (Å²) < 4.78 is 5.70. The van der Waals surface area contributed by atoms with Crippen LogP contribution in [0, 0.1) is 0 Å². The van der Waals surface area contributed by atoms with Crippen LogP contribution in [0.1, 0.15) is 49.3 Å². The summed E-state index contributed by atoms with van der Waals surface area (Å²) in [5, 5.41) is 21.5. The quantitative estimate of drug-likeness (QED) is 0.419. The molecule has 2 aromatic rings. The number of carbonyl (C=O) groups excluding carboxylic acids is 2. The normalized spacial score (nSPS) is 22.9. The minimum absolute atomic E-state index is 0.0503. The molecule has 5 rings (SSSR count). The van der Waals surface area contributed by atoms with E-state index in [0.717, 1.165) is 37.8 Å². The number of aromatic hydroxyl groups is 1. The van der Waals surface area contributed by atoms with Crippen molar-refractivity contribution in [2.24, 2.45) is 0 Å². The van der Waals surface area contributed by atoms with Gasteiger partial charge in [-0.25, -0.2) is 0 Å². The van der Waals surface area contributed by atoms with Gasteiger partial charge in [-0.05, 0) is 48.7 Å². The van der Waals surface area contributed by atoms with Crippen molar-refractivity contribution in [3.8, 4) is 11.5 Å². The molecular formula is C26H28N2O5. The fourth-order valence-corrected chi connectivity index (χ4v) is 5.26. The lowest BCUT2D eigenvalue weighted by atomic mass is 9.91. The Morgan fingerprint density at radius 1 is 1.06 bits per heavy atom. The van der Waals surface area contributed by atoms with E-state index in [4.69, 9.17) is 4.74 Å². The highest BCUT2D eigenvalue weighted by Gasteiger charge is 2.49. The van der Waals surface area contributed by atoms with Gasteiger partial charge in [-0.1, -0.05) is 31.4 Å². The van der Waals surface area contributed by atoms with Crippen LogP contribution in [-0.4, -0.2) is 53.0 Å². The highest BCUT2D eigenvalue weighted by molar-refractivity contribution is 6.46. The van der Waals surface area contributed by atoms with E-state index in [-0.39, 0.29) is 23.1 Å². The number of ether oxygens (including phenoxy) is 1. The first-order valence-electron chi connectivity index (χ1n) is 11.5. The lowest BCUT2D eigenvalue weighted by Gasteiger charge is -2.35. The largest absolute Gasteiger partial charge is 0.508 e. The van der Waals surface area contributed by atoms with Gasteiger partial charge in [-0.15, -0.1) is 0 Å². The minimum atomic E-state index is -0.745. The summed E-state index contributed by atoms with van der Waals surface area (Å²) >= 11 is 0. The zero-order chi connectivity index (χ0) is 23.1. The van der Waals surface area contributed by atoms with Gasteiger partial charge in [-0.2, -0.15) is 0 Å². The fraction of sp³-hybridized carbons (Fsp3) is 0.385. The second-order valence-electron chi connectivity index (χ2n) is 9.05. The molecule has 2 aromatic carbocycles. The molecule has 1 atom stereocenters. The standard InChI is InChI=1S/C26H28N2O5/c1-27-12-13-33-21-11-10-17(15-20(21)27)24(30)22-23(16-6-5-9-19(29)14-16)28(26(32)25(22)31)18-7-3-2-4-8-18/h5-6,9-11,14-15,18,23,29-30H,2-4,7-8,12-13H2,1H3/b24-22-. The Bertz CT molecular complexity index is 1140. The molecule has 7 nitrogen and oxygen atoms in total. The number of aliphatic hydroxyl groups excluding tert-OH is 1. The number of rotatable bonds is 3. The summed E-state index contributed by atoms with van der Waals surface area (Å²) in [5.41, 5.74) is 1.95. The predicted molar refractivity (Wildman–Crippen MR) is 124 cm³/mol. The maximum Gasteiger partial charge on any atom is 0.295 e. The number of aliphatic hydroxyl groups is 1. The number of Topliss-reactive ketones (excluding diaryl/α,β-unsaturated/α-hetero) is 1. The summed E-state index contributed by atoms with van der Waals surface area (Å²) in [5.74, 6) is -0.715. The number of likely N-dealkylation sites (N-methyl/N-ethyl adjacent to an activating group) is 1. The molecule has 7 heteroatoms. The molecule has 0 aromatic heterocycles. The fourth-order valence-electron chi connectivity index (χ4n) is 5.26. The van der Waals surface area contributed by atoms with Crippen LogP contribution in [0.3, 0.4) is 0 Å². The van der Waals surface area contributed by atoms with E-state index in [1.807, 2.05) is 11.9 Å². The number of phenolic OH excluding ortho intramolecular Hbond substituents is 1. The Morgan fingerprint density at radius 3 is 2.61 bits per heavy atom. The first-order chi connectivity index (χ1) is 16.0. The number of phenols is 1. The Hall–Kier alpha value is -3.48. The predicted octanol–water partition coefficient (Wildman–Crippen LogP) is 3.98. The topological polar surface area (TPSA) is 90.3 Å². The van der Waals surface area contributed by atoms with Crippen LogP contribution < -0.4 is 9.64 Å². The van der Waals surface area contributed by atoms with Crippen LogP contribution in [0.15, 0.2) is 48.0 Å². The molecule has 2 heterocycles. The van der Waals surface area contributed by atoms with E-state index in [1.54, 1.807) is 47.4 Å². The Morgan fingerprint density at radius 2 is 1.85 bits per heavy atom. The van der Waals surface area contributed by atoms with Crippen LogP contribution in [0.5, 0.6) is 11.5 Å². The second kappa shape index (κ2) is 8.46. The molecule has 33 heavy (non-hydrogen) atoms. The van der Waals surface area contributed by atoms with Gasteiger partial charge in [-0.3, -0.25) is 9.59 Å². The Balaban J connectivity index is 1.65. The molecule has 1 unspecified atom stereocenters. The number of hydrogen-bond donors (Lipinski definition) is 2. The first-order valence-corrected chi connectivity index (χ1v) is 11.5. The molecule has 1 amide bonds. The Labute approximate surface area is 192 Å². The highest BCUT2D eigenvalue weighted by atomic mass is 16.5. The van der Waals surface area contributed by atoms with Crippen LogP contribution in [0.2, 0.25) is 0 Å². The lowest BCUT2D eigenvalue weighted by Crippen LogP contribution is -2.40. The van der Waals surface area contributed by atoms with Crippen LogP contribution in [-0.2, 0) is 9.59 Å². The van der Waals surface area contributed by atoms with Gasteiger partial charge >= 0.3 is 0 Å².